The minimum atomic E-state index is -4.81. The van der Waals surface area contributed by atoms with Crippen LogP contribution in [0.4, 0.5) is 18.9 Å². The second-order valence-corrected chi connectivity index (χ2v) is 5.19. The van der Waals surface area contributed by atoms with E-state index in [2.05, 4.69) is 0 Å². The van der Waals surface area contributed by atoms with E-state index in [0.29, 0.717) is 12.1 Å². The highest BCUT2D eigenvalue weighted by molar-refractivity contribution is 7.98. The van der Waals surface area contributed by atoms with Crippen LogP contribution in [0.15, 0.2) is 17.0 Å². The zero-order valence-electron chi connectivity index (χ0n) is 10.3. The number of nitrogen functional groups attached to an aromatic ring is 1. The van der Waals surface area contributed by atoms with Crippen LogP contribution in [0.2, 0.25) is 0 Å². The molecule has 0 saturated heterocycles. The molecular weight excluding hydrogens is 277 g/mol. The highest BCUT2D eigenvalue weighted by Gasteiger charge is 2.43. The Bertz CT molecular complexity index is 516. The smallest absolute Gasteiger partial charge is 0.398 e. The summed E-state index contributed by atoms with van der Waals surface area (Å²) >= 11 is 1.43. The van der Waals surface area contributed by atoms with Crippen LogP contribution in [0.1, 0.15) is 11.1 Å². The molecule has 0 aliphatic carbocycles. The Morgan fingerprint density at radius 1 is 1.37 bits per heavy atom. The van der Waals surface area contributed by atoms with E-state index in [1.54, 1.807) is 12.1 Å². The van der Waals surface area contributed by atoms with Crippen LogP contribution in [-0.4, -0.2) is 29.8 Å². The number of fused-ring (bicyclic) bond motifs is 1. The first-order chi connectivity index (χ1) is 8.82. The fourth-order valence-corrected chi connectivity index (χ4v) is 2.69. The van der Waals surface area contributed by atoms with Gasteiger partial charge in [0, 0.05) is 23.7 Å². The van der Waals surface area contributed by atoms with Gasteiger partial charge >= 0.3 is 12.1 Å². The minimum Gasteiger partial charge on any atom is -0.398 e. The fourth-order valence-electron chi connectivity index (χ4n) is 2.14. The summed E-state index contributed by atoms with van der Waals surface area (Å²) in [6, 6.07) is 3.56. The van der Waals surface area contributed by atoms with Crippen LogP contribution >= 0.6 is 11.8 Å². The first-order valence-electron chi connectivity index (χ1n) is 5.64. The molecular formula is C12H13F3N2OS. The Morgan fingerprint density at radius 3 is 2.63 bits per heavy atom. The molecule has 1 amide bonds. The van der Waals surface area contributed by atoms with Crippen molar-refractivity contribution in [3.63, 3.8) is 0 Å². The second-order valence-electron chi connectivity index (χ2n) is 4.34. The van der Waals surface area contributed by atoms with Gasteiger partial charge in [0.05, 0.1) is 0 Å². The van der Waals surface area contributed by atoms with Crippen molar-refractivity contribution >= 4 is 23.4 Å². The minimum absolute atomic E-state index is 0.0124. The van der Waals surface area contributed by atoms with Crippen molar-refractivity contribution < 1.29 is 18.0 Å². The number of rotatable bonds is 1. The molecule has 3 nitrogen and oxygen atoms in total. The summed E-state index contributed by atoms with van der Waals surface area (Å²) in [5, 5.41) is 0. The van der Waals surface area contributed by atoms with Crippen molar-refractivity contribution in [2.45, 2.75) is 24.0 Å². The number of carbonyl (C=O) groups excluding carboxylic acids is 1. The van der Waals surface area contributed by atoms with Crippen LogP contribution in [0.25, 0.3) is 0 Å². The van der Waals surface area contributed by atoms with Crippen molar-refractivity contribution in [2.24, 2.45) is 0 Å². The number of hydrogen-bond donors (Lipinski definition) is 1. The van der Waals surface area contributed by atoms with Gasteiger partial charge in [-0.25, -0.2) is 0 Å². The van der Waals surface area contributed by atoms with Gasteiger partial charge in [-0.1, -0.05) is 0 Å². The number of anilines is 1. The number of amides is 1. The van der Waals surface area contributed by atoms with Crippen molar-refractivity contribution in [1.29, 1.82) is 0 Å². The van der Waals surface area contributed by atoms with Crippen LogP contribution in [-0.2, 0) is 17.8 Å². The van der Waals surface area contributed by atoms with Gasteiger partial charge in [0.15, 0.2) is 0 Å². The maximum absolute atomic E-state index is 12.4. The average Bonchev–Trinajstić information content (AvgIpc) is 2.35. The number of halogens is 3. The normalized spacial score (nSPS) is 15.3. The number of benzene rings is 1. The van der Waals surface area contributed by atoms with Crippen LogP contribution in [0, 0.1) is 0 Å². The highest BCUT2D eigenvalue weighted by Crippen LogP contribution is 2.31. The van der Waals surface area contributed by atoms with Gasteiger partial charge < -0.3 is 10.6 Å². The molecule has 0 atom stereocenters. The number of thioether (sulfide) groups is 1. The van der Waals surface area contributed by atoms with E-state index in [-0.39, 0.29) is 13.1 Å². The molecule has 104 valence electrons. The molecule has 19 heavy (non-hydrogen) atoms. The summed E-state index contributed by atoms with van der Waals surface area (Å²) in [7, 11) is 0. The number of hydrogen-bond acceptors (Lipinski definition) is 3. The molecule has 1 aliphatic rings. The Morgan fingerprint density at radius 2 is 2.05 bits per heavy atom. The second kappa shape index (κ2) is 4.96. The quantitative estimate of drug-likeness (QED) is 0.638. The van der Waals surface area contributed by atoms with Gasteiger partial charge in [0.25, 0.3) is 0 Å². The lowest BCUT2D eigenvalue weighted by molar-refractivity contribution is -0.186. The lowest BCUT2D eigenvalue weighted by Crippen LogP contribution is -2.43. The standard InChI is InChI=1S/C12H13F3N2OS/c1-19-10-5-8-6-17(11(18)12(13,14)15)3-2-7(8)4-9(10)16/h4-5H,2-3,6,16H2,1H3. The average molecular weight is 290 g/mol. The van der Waals surface area contributed by atoms with E-state index < -0.39 is 12.1 Å². The van der Waals surface area contributed by atoms with Crippen molar-refractivity contribution in [3.8, 4) is 0 Å². The van der Waals surface area contributed by atoms with E-state index in [4.69, 9.17) is 5.73 Å². The van der Waals surface area contributed by atoms with E-state index in [1.165, 1.54) is 11.8 Å². The summed E-state index contributed by atoms with van der Waals surface area (Å²) < 4.78 is 37.2. The van der Waals surface area contributed by atoms with E-state index in [1.807, 2.05) is 6.26 Å². The zero-order valence-corrected chi connectivity index (χ0v) is 11.1. The summed E-state index contributed by atoms with van der Waals surface area (Å²) in [5.41, 5.74) is 8.12. The SMILES string of the molecule is CSc1cc2c(cc1N)CCN(C(=O)C(F)(F)F)C2. The third-order valence-electron chi connectivity index (χ3n) is 3.09. The molecule has 7 heteroatoms. The number of nitrogens with two attached hydrogens (primary N) is 1. The molecule has 1 heterocycles. The summed E-state index contributed by atoms with van der Waals surface area (Å²) in [4.78, 5) is 12.9. The molecule has 1 aliphatic heterocycles. The molecule has 0 aromatic heterocycles. The fraction of sp³-hybridized carbons (Fsp3) is 0.417. The molecule has 0 spiro atoms. The molecule has 1 aromatic carbocycles. The highest BCUT2D eigenvalue weighted by atomic mass is 32.2. The lowest BCUT2D eigenvalue weighted by Gasteiger charge is -2.30. The molecule has 0 radical (unpaired) electrons. The Labute approximate surface area is 112 Å². The predicted molar refractivity (Wildman–Crippen MR) is 67.8 cm³/mol. The van der Waals surface area contributed by atoms with E-state index >= 15 is 0 Å². The molecule has 1 aromatic rings. The van der Waals surface area contributed by atoms with Gasteiger partial charge in [-0.2, -0.15) is 13.2 Å². The van der Waals surface area contributed by atoms with Gasteiger partial charge in [-0.15, -0.1) is 11.8 Å². The monoisotopic (exact) mass is 290 g/mol. The van der Waals surface area contributed by atoms with Gasteiger partial charge in [0.1, 0.15) is 0 Å². The van der Waals surface area contributed by atoms with Crippen LogP contribution in [0.5, 0.6) is 0 Å². The molecule has 2 rings (SSSR count). The Kier molecular flexibility index (Phi) is 3.66. The molecule has 0 saturated carbocycles. The van der Waals surface area contributed by atoms with Crippen LogP contribution < -0.4 is 5.73 Å². The first-order valence-corrected chi connectivity index (χ1v) is 6.86. The summed E-state index contributed by atoms with van der Waals surface area (Å²) in [5.74, 6) is -1.78. The van der Waals surface area contributed by atoms with E-state index in [0.717, 1.165) is 20.9 Å². The number of alkyl halides is 3. The molecule has 0 fully saturated rings. The molecule has 0 unspecified atom stereocenters. The van der Waals surface area contributed by atoms with Gasteiger partial charge in [-0.3, -0.25) is 4.79 Å². The first kappa shape index (κ1) is 14.0. The van der Waals surface area contributed by atoms with Crippen LogP contribution in [0.3, 0.4) is 0 Å². The third kappa shape index (κ3) is 2.80. The Balaban J connectivity index is 2.27. The third-order valence-corrected chi connectivity index (χ3v) is 3.89. The largest absolute Gasteiger partial charge is 0.471 e. The van der Waals surface area contributed by atoms with Crippen molar-refractivity contribution in [3.05, 3.63) is 23.3 Å². The summed E-state index contributed by atoms with van der Waals surface area (Å²) in [6.07, 6.45) is -2.57. The van der Waals surface area contributed by atoms with Crippen molar-refractivity contribution in [1.82, 2.24) is 4.90 Å². The molecule has 0 bridgehead atoms. The predicted octanol–water partition coefficient (Wildman–Crippen LogP) is 2.44. The maximum Gasteiger partial charge on any atom is 0.471 e. The number of nitrogens with zero attached hydrogens (tertiary/aromatic N) is 1. The number of carbonyl (C=O) groups is 1. The lowest BCUT2D eigenvalue weighted by atomic mass is 9.99. The van der Waals surface area contributed by atoms with Gasteiger partial charge in [-0.05, 0) is 35.9 Å². The summed E-state index contributed by atoms with van der Waals surface area (Å²) in [6.45, 7) is 0.0604. The Hall–Kier alpha value is -1.37. The topological polar surface area (TPSA) is 46.3 Å². The van der Waals surface area contributed by atoms with Gasteiger partial charge in [0.2, 0.25) is 0 Å². The zero-order chi connectivity index (χ0) is 14.2. The maximum atomic E-state index is 12.4. The van der Waals surface area contributed by atoms with E-state index in [9.17, 15) is 18.0 Å². The van der Waals surface area contributed by atoms with Crippen molar-refractivity contribution in [2.75, 3.05) is 18.5 Å². The molecule has 2 N–H and O–H groups in total.